The summed E-state index contributed by atoms with van der Waals surface area (Å²) in [5.41, 5.74) is 2.32. The molecule has 0 amide bonds. The Labute approximate surface area is 179 Å². The van der Waals surface area contributed by atoms with Crippen LogP contribution in [-0.4, -0.2) is 21.3 Å². The molecule has 158 valence electrons. The fraction of sp³-hybridized carbons (Fsp3) is 0.565. The van der Waals surface area contributed by atoms with Crippen LogP contribution < -0.4 is 5.32 Å². The van der Waals surface area contributed by atoms with Crippen molar-refractivity contribution in [2.75, 3.05) is 6.54 Å². The molecule has 3 aromatic rings. The highest BCUT2D eigenvalue weighted by atomic mass is 35.5. The quantitative estimate of drug-likeness (QED) is 0.394. The summed E-state index contributed by atoms with van der Waals surface area (Å²) in [7, 11) is 0. The summed E-state index contributed by atoms with van der Waals surface area (Å²) in [6.07, 6.45) is 13.8. The van der Waals surface area contributed by atoms with Crippen molar-refractivity contribution in [1.82, 2.24) is 20.0 Å². The van der Waals surface area contributed by atoms with Crippen LogP contribution in [0, 0.1) is 0 Å². The largest absolute Gasteiger partial charge is 0.347 e. The maximum Gasteiger partial charge on any atom is 0.244 e. The third-order valence-electron chi connectivity index (χ3n) is 5.86. The molecule has 0 spiro atoms. The molecule has 0 bridgehead atoms. The molecule has 5 nitrogen and oxygen atoms in total. The maximum absolute atomic E-state index is 5.55. The summed E-state index contributed by atoms with van der Waals surface area (Å²) in [6, 6.07) is 8.79. The van der Waals surface area contributed by atoms with Crippen molar-refractivity contribution < 1.29 is 4.52 Å². The lowest BCUT2D eigenvalue weighted by molar-refractivity contribution is 0.345. The molecule has 4 rings (SSSR count). The van der Waals surface area contributed by atoms with Crippen LogP contribution in [0.15, 0.2) is 35.0 Å². The van der Waals surface area contributed by atoms with Crippen LogP contribution in [0.2, 0.25) is 0 Å². The van der Waals surface area contributed by atoms with Gasteiger partial charge in [-0.05, 0) is 37.9 Å². The van der Waals surface area contributed by atoms with Crippen molar-refractivity contribution in [1.29, 1.82) is 0 Å². The minimum atomic E-state index is 0. The number of nitrogens with zero attached hydrogens (tertiary/aromatic N) is 3. The highest BCUT2D eigenvalue weighted by Gasteiger charge is 2.23. The van der Waals surface area contributed by atoms with Gasteiger partial charge in [0.2, 0.25) is 11.7 Å². The molecule has 1 unspecified atom stereocenters. The summed E-state index contributed by atoms with van der Waals surface area (Å²) in [4.78, 5) is 4.68. The number of rotatable bonds is 10. The number of unbranched alkanes of at least 4 members (excludes halogenated alkanes) is 6. The Balaban J connectivity index is 0.00000240. The Hall–Kier alpha value is -1.85. The molecule has 0 saturated carbocycles. The van der Waals surface area contributed by atoms with Gasteiger partial charge in [0.05, 0.1) is 6.04 Å². The van der Waals surface area contributed by atoms with Crippen molar-refractivity contribution in [3.8, 4) is 11.4 Å². The van der Waals surface area contributed by atoms with Crippen LogP contribution in [0.5, 0.6) is 0 Å². The molecule has 1 saturated heterocycles. The summed E-state index contributed by atoms with van der Waals surface area (Å²) in [6.45, 7) is 4.37. The number of aromatic nitrogens is 3. The van der Waals surface area contributed by atoms with E-state index in [1.807, 2.05) is 0 Å². The number of hydrogen-bond donors (Lipinski definition) is 1. The predicted octanol–water partition coefficient (Wildman–Crippen LogP) is 6.29. The Morgan fingerprint density at radius 2 is 1.93 bits per heavy atom. The maximum atomic E-state index is 5.55. The first-order valence-corrected chi connectivity index (χ1v) is 11.0. The van der Waals surface area contributed by atoms with Crippen LogP contribution in [0.4, 0.5) is 0 Å². The summed E-state index contributed by atoms with van der Waals surface area (Å²) < 4.78 is 7.91. The predicted molar refractivity (Wildman–Crippen MR) is 120 cm³/mol. The topological polar surface area (TPSA) is 55.9 Å². The van der Waals surface area contributed by atoms with Gasteiger partial charge in [-0.1, -0.05) is 62.7 Å². The first-order valence-electron chi connectivity index (χ1n) is 11.0. The fourth-order valence-electron chi connectivity index (χ4n) is 4.23. The van der Waals surface area contributed by atoms with Gasteiger partial charge in [-0.15, -0.1) is 12.4 Å². The molecular weight excluding hydrogens is 384 g/mol. The van der Waals surface area contributed by atoms with Gasteiger partial charge in [-0.2, -0.15) is 4.98 Å². The number of fused-ring (bicyclic) bond motifs is 1. The van der Waals surface area contributed by atoms with Gasteiger partial charge in [0, 0.05) is 29.2 Å². The van der Waals surface area contributed by atoms with E-state index in [1.165, 1.54) is 62.3 Å². The van der Waals surface area contributed by atoms with E-state index in [1.54, 1.807) is 0 Å². The zero-order valence-electron chi connectivity index (χ0n) is 17.4. The van der Waals surface area contributed by atoms with Gasteiger partial charge in [-0.25, -0.2) is 0 Å². The van der Waals surface area contributed by atoms with Gasteiger partial charge in [0.25, 0.3) is 0 Å². The van der Waals surface area contributed by atoms with E-state index in [-0.39, 0.29) is 18.4 Å². The van der Waals surface area contributed by atoms with E-state index in [0.29, 0.717) is 11.7 Å². The van der Waals surface area contributed by atoms with Gasteiger partial charge in [-0.3, -0.25) is 0 Å². The Kier molecular flexibility index (Phi) is 8.13. The second-order valence-electron chi connectivity index (χ2n) is 7.97. The SMILES string of the molecule is CCCCCCCCCn1ccc2c(-c3noc(C4CCCN4)n3)cccc21.Cl. The molecule has 2 aromatic heterocycles. The van der Waals surface area contributed by atoms with Crippen LogP contribution in [0.3, 0.4) is 0 Å². The highest BCUT2D eigenvalue weighted by molar-refractivity contribution is 5.93. The van der Waals surface area contributed by atoms with Crippen molar-refractivity contribution in [2.45, 2.75) is 77.3 Å². The van der Waals surface area contributed by atoms with Crippen LogP contribution in [0.1, 0.15) is 76.6 Å². The number of aryl methyl sites for hydroxylation is 1. The van der Waals surface area contributed by atoms with Gasteiger partial charge < -0.3 is 14.4 Å². The fourth-order valence-corrected chi connectivity index (χ4v) is 4.23. The van der Waals surface area contributed by atoms with Crippen molar-refractivity contribution in [3.05, 3.63) is 36.4 Å². The zero-order valence-corrected chi connectivity index (χ0v) is 18.2. The first kappa shape index (κ1) is 21.8. The monoisotopic (exact) mass is 416 g/mol. The standard InChI is InChI=1S/C23H32N4O.ClH/c1-2-3-4-5-6-7-8-16-27-17-14-18-19(11-9-13-21(18)27)22-25-23(28-26-22)20-12-10-15-24-20;/h9,11,13-14,17,20,24H,2-8,10,12,15-16H2,1H3;1H. The molecule has 29 heavy (non-hydrogen) atoms. The third-order valence-corrected chi connectivity index (χ3v) is 5.86. The highest BCUT2D eigenvalue weighted by Crippen LogP contribution is 2.30. The van der Waals surface area contributed by atoms with E-state index < -0.39 is 0 Å². The smallest absolute Gasteiger partial charge is 0.244 e. The lowest BCUT2D eigenvalue weighted by atomic mass is 10.1. The van der Waals surface area contributed by atoms with Gasteiger partial charge >= 0.3 is 0 Å². The Morgan fingerprint density at radius 3 is 2.72 bits per heavy atom. The van der Waals surface area contributed by atoms with Crippen LogP contribution in [0.25, 0.3) is 22.3 Å². The molecule has 0 radical (unpaired) electrons. The number of benzene rings is 1. The molecule has 0 aliphatic carbocycles. The molecule has 1 N–H and O–H groups in total. The summed E-state index contributed by atoms with van der Waals surface area (Å²) in [5.74, 6) is 1.41. The summed E-state index contributed by atoms with van der Waals surface area (Å²) in [5, 5.41) is 8.89. The molecule has 1 aliphatic rings. The van der Waals surface area contributed by atoms with Gasteiger partial charge in [0.15, 0.2) is 0 Å². The average Bonchev–Trinajstić information content (AvgIpc) is 3.47. The molecule has 1 aromatic carbocycles. The second kappa shape index (κ2) is 10.8. The normalized spacial score (nSPS) is 16.4. The van der Waals surface area contributed by atoms with E-state index in [0.717, 1.165) is 25.1 Å². The summed E-state index contributed by atoms with van der Waals surface area (Å²) >= 11 is 0. The molecule has 6 heteroatoms. The van der Waals surface area contributed by atoms with E-state index in [9.17, 15) is 0 Å². The van der Waals surface area contributed by atoms with Crippen molar-refractivity contribution in [3.63, 3.8) is 0 Å². The van der Waals surface area contributed by atoms with Gasteiger partial charge in [0.1, 0.15) is 0 Å². The second-order valence-corrected chi connectivity index (χ2v) is 7.97. The average molecular weight is 417 g/mol. The molecular formula is C23H33ClN4O. The number of halogens is 1. The third kappa shape index (κ3) is 5.20. The van der Waals surface area contributed by atoms with E-state index in [4.69, 9.17) is 4.52 Å². The van der Waals surface area contributed by atoms with Crippen LogP contribution >= 0.6 is 12.4 Å². The Bertz CT molecular complexity index is 882. The van der Waals surface area contributed by atoms with E-state index >= 15 is 0 Å². The minimum Gasteiger partial charge on any atom is -0.347 e. The first-order chi connectivity index (χ1) is 13.9. The zero-order chi connectivity index (χ0) is 19.2. The lowest BCUT2D eigenvalue weighted by Crippen LogP contribution is -2.12. The van der Waals surface area contributed by atoms with Crippen molar-refractivity contribution in [2.24, 2.45) is 0 Å². The molecule has 1 aliphatic heterocycles. The van der Waals surface area contributed by atoms with Crippen LogP contribution in [-0.2, 0) is 6.54 Å². The Morgan fingerprint density at radius 1 is 1.10 bits per heavy atom. The molecule has 1 atom stereocenters. The lowest BCUT2D eigenvalue weighted by Gasteiger charge is -2.06. The number of hydrogen-bond acceptors (Lipinski definition) is 4. The molecule has 1 fully saturated rings. The minimum absolute atomic E-state index is 0. The van der Waals surface area contributed by atoms with E-state index in [2.05, 4.69) is 57.4 Å². The number of nitrogens with one attached hydrogen (secondary N) is 1. The van der Waals surface area contributed by atoms with Crippen molar-refractivity contribution >= 4 is 23.3 Å². The molecule has 3 heterocycles.